The number of thiazole rings is 1. The monoisotopic (exact) mass is 287 g/mol. The minimum absolute atomic E-state index is 0.0906. The average molecular weight is 288 g/mol. The summed E-state index contributed by atoms with van der Waals surface area (Å²) >= 11 is 4.49. The van der Waals surface area contributed by atoms with Gasteiger partial charge < -0.3 is 5.11 Å². The second-order valence-corrected chi connectivity index (χ2v) is 4.71. The highest BCUT2D eigenvalue weighted by atomic mass is 79.9. The van der Waals surface area contributed by atoms with Gasteiger partial charge in [0.25, 0.3) is 0 Å². The normalized spacial score (nSPS) is 10.6. The van der Waals surface area contributed by atoms with Gasteiger partial charge in [0.1, 0.15) is 15.4 Å². The van der Waals surface area contributed by atoms with E-state index in [1.165, 1.54) is 17.4 Å². The first-order valence-electron chi connectivity index (χ1n) is 4.23. The highest BCUT2D eigenvalue weighted by Crippen LogP contribution is 2.32. The van der Waals surface area contributed by atoms with Gasteiger partial charge in [0.2, 0.25) is 0 Å². The molecule has 0 saturated heterocycles. The zero-order chi connectivity index (χ0) is 10.8. The van der Waals surface area contributed by atoms with Crippen molar-refractivity contribution in [1.82, 2.24) is 4.98 Å². The van der Waals surface area contributed by atoms with Gasteiger partial charge in [-0.15, -0.1) is 11.3 Å². The quantitative estimate of drug-likeness (QED) is 0.920. The Balaban J connectivity index is 2.50. The Bertz CT molecular complexity index is 486. The molecule has 0 aliphatic rings. The molecule has 2 nitrogen and oxygen atoms in total. The Morgan fingerprint density at radius 1 is 1.40 bits per heavy atom. The summed E-state index contributed by atoms with van der Waals surface area (Å²) < 4.78 is 14.0. The Hall–Kier alpha value is -0.780. The van der Waals surface area contributed by atoms with Crippen LogP contribution in [0.2, 0.25) is 0 Å². The number of aliphatic hydroxyl groups excluding tert-OH is 1. The Morgan fingerprint density at radius 2 is 2.13 bits per heavy atom. The summed E-state index contributed by atoms with van der Waals surface area (Å²) in [6, 6.07) is 6.45. The van der Waals surface area contributed by atoms with Crippen LogP contribution in [0, 0.1) is 5.82 Å². The zero-order valence-electron chi connectivity index (χ0n) is 7.58. The molecule has 78 valence electrons. The number of rotatable bonds is 2. The van der Waals surface area contributed by atoms with E-state index in [2.05, 4.69) is 20.9 Å². The molecule has 1 aromatic heterocycles. The number of nitrogens with zero attached hydrogens (tertiary/aromatic N) is 1. The van der Waals surface area contributed by atoms with Gasteiger partial charge in [-0.3, -0.25) is 0 Å². The number of aliphatic hydroxyl groups is 1. The third kappa shape index (κ3) is 2.09. The molecular weight excluding hydrogens is 281 g/mol. The van der Waals surface area contributed by atoms with E-state index in [0.29, 0.717) is 20.1 Å². The first-order valence-corrected chi connectivity index (χ1v) is 5.84. The second kappa shape index (κ2) is 4.38. The van der Waals surface area contributed by atoms with E-state index in [1.54, 1.807) is 18.2 Å². The number of hydrogen-bond acceptors (Lipinski definition) is 3. The summed E-state index contributed by atoms with van der Waals surface area (Å²) in [6.45, 7) is -0.0906. The largest absolute Gasteiger partial charge is 0.391 e. The van der Waals surface area contributed by atoms with Crippen LogP contribution in [0.4, 0.5) is 4.39 Å². The molecular formula is C10H7BrFNOS. The SMILES string of the molecule is OCc1sc(-c2ccccc2F)nc1Br. The molecule has 0 atom stereocenters. The van der Waals surface area contributed by atoms with Crippen LogP contribution in [-0.4, -0.2) is 10.1 Å². The van der Waals surface area contributed by atoms with Crippen molar-refractivity contribution in [1.29, 1.82) is 0 Å². The molecule has 2 aromatic rings. The van der Waals surface area contributed by atoms with Crippen LogP contribution in [0.25, 0.3) is 10.6 Å². The van der Waals surface area contributed by atoms with Crippen molar-refractivity contribution in [2.45, 2.75) is 6.61 Å². The van der Waals surface area contributed by atoms with Crippen molar-refractivity contribution in [3.63, 3.8) is 0 Å². The van der Waals surface area contributed by atoms with Crippen LogP contribution >= 0.6 is 27.3 Å². The Labute approximate surface area is 98.5 Å². The topological polar surface area (TPSA) is 33.1 Å². The van der Waals surface area contributed by atoms with E-state index in [0.717, 1.165) is 0 Å². The maximum absolute atomic E-state index is 13.4. The lowest BCUT2D eigenvalue weighted by molar-refractivity contribution is 0.284. The lowest BCUT2D eigenvalue weighted by atomic mass is 10.2. The molecule has 0 spiro atoms. The molecule has 0 unspecified atom stereocenters. The van der Waals surface area contributed by atoms with Crippen molar-refractivity contribution in [3.05, 3.63) is 39.6 Å². The fourth-order valence-corrected chi connectivity index (χ4v) is 2.68. The molecule has 0 saturated carbocycles. The van der Waals surface area contributed by atoms with Crippen molar-refractivity contribution < 1.29 is 9.50 Å². The summed E-state index contributed by atoms with van der Waals surface area (Å²) in [5, 5.41) is 9.57. The molecule has 15 heavy (non-hydrogen) atoms. The summed E-state index contributed by atoms with van der Waals surface area (Å²) in [5.41, 5.74) is 0.461. The minimum atomic E-state index is -0.303. The van der Waals surface area contributed by atoms with Gasteiger partial charge in [-0.05, 0) is 28.1 Å². The van der Waals surface area contributed by atoms with Crippen LogP contribution in [0.1, 0.15) is 4.88 Å². The van der Waals surface area contributed by atoms with Gasteiger partial charge in [-0.25, -0.2) is 9.37 Å². The predicted molar refractivity (Wildman–Crippen MR) is 61.1 cm³/mol. The summed E-state index contributed by atoms with van der Waals surface area (Å²) in [5.74, 6) is -0.303. The van der Waals surface area contributed by atoms with E-state index in [4.69, 9.17) is 5.11 Å². The van der Waals surface area contributed by atoms with Crippen LogP contribution in [0.3, 0.4) is 0 Å². The number of halogens is 2. The summed E-state index contributed by atoms with van der Waals surface area (Å²) in [6.07, 6.45) is 0. The molecule has 5 heteroatoms. The van der Waals surface area contributed by atoms with E-state index in [-0.39, 0.29) is 12.4 Å². The first kappa shape index (κ1) is 10.7. The molecule has 1 N–H and O–H groups in total. The van der Waals surface area contributed by atoms with Crippen LogP contribution in [-0.2, 0) is 6.61 Å². The van der Waals surface area contributed by atoms with Gasteiger partial charge in [-0.2, -0.15) is 0 Å². The molecule has 0 fully saturated rings. The molecule has 0 aliphatic heterocycles. The van der Waals surface area contributed by atoms with E-state index in [1.807, 2.05) is 0 Å². The zero-order valence-corrected chi connectivity index (χ0v) is 9.98. The summed E-state index contributed by atoms with van der Waals surface area (Å²) in [4.78, 5) is 4.85. The third-order valence-corrected chi connectivity index (χ3v) is 3.89. The van der Waals surface area contributed by atoms with E-state index < -0.39 is 0 Å². The molecule has 0 radical (unpaired) electrons. The van der Waals surface area contributed by atoms with Gasteiger partial charge in [0.05, 0.1) is 11.5 Å². The molecule has 1 heterocycles. The van der Waals surface area contributed by atoms with Crippen LogP contribution in [0.15, 0.2) is 28.9 Å². The van der Waals surface area contributed by atoms with Crippen LogP contribution in [0.5, 0.6) is 0 Å². The maximum atomic E-state index is 13.4. The van der Waals surface area contributed by atoms with Crippen molar-refractivity contribution in [2.24, 2.45) is 0 Å². The van der Waals surface area contributed by atoms with Crippen molar-refractivity contribution in [2.75, 3.05) is 0 Å². The Kier molecular flexibility index (Phi) is 3.14. The number of aromatic nitrogens is 1. The standard InChI is InChI=1S/C10H7BrFNOS/c11-9-8(5-14)15-10(13-9)6-3-1-2-4-7(6)12/h1-4,14H,5H2. The van der Waals surface area contributed by atoms with Gasteiger partial charge in [-0.1, -0.05) is 12.1 Å². The van der Waals surface area contributed by atoms with Crippen LogP contribution < -0.4 is 0 Å². The second-order valence-electron chi connectivity index (χ2n) is 2.87. The van der Waals surface area contributed by atoms with Gasteiger partial charge in [0.15, 0.2) is 0 Å². The van der Waals surface area contributed by atoms with E-state index in [9.17, 15) is 4.39 Å². The smallest absolute Gasteiger partial charge is 0.133 e. The minimum Gasteiger partial charge on any atom is -0.391 e. The lowest BCUT2D eigenvalue weighted by Crippen LogP contribution is -1.81. The maximum Gasteiger partial charge on any atom is 0.133 e. The highest BCUT2D eigenvalue weighted by molar-refractivity contribution is 9.10. The fraction of sp³-hybridized carbons (Fsp3) is 0.100. The van der Waals surface area contributed by atoms with E-state index >= 15 is 0 Å². The fourth-order valence-electron chi connectivity index (χ4n) is 1.18. The van der Waals surface area contributed by atoms with Gasteiger partial charge in [0, 0.05) is 5.56 Å². The Morgan fingerprint density at radius 3 is 2.73 bits per heavy atom. The molecule has 0 aliphatic carbocycles. The first-order chi connectivity index (χ1) is 7.22. The highest BCUT2D eigenvalue weighted by Gasteiger charge is 2.12. The average Bonchev–Trinajstić information content (AvgIpc) is 2.60. The number of benzene rings is 1. The predicted octanol–water partition coefficient (Wildman–Crippen LogP) is 3.20. The van der Waals surface area contributed by atoms with Crippen molar-refractivity contribution in [3.8, 4) is 10.6 Å². The van der Waals surface area contributed by atoms with Crippen molar-refractivity contribution >= 4 is 27.3 Å². The lowest BCUT2D eigenvalue weighted by Gasteiger charge is -1.96. The molecule has 0 bridgehead atoms. The van der Waals surface area contributed by atoms with Gasteiger partial charge >= 0.3 is 0 Å². The third-order valence-electron chi connectivity index (χ3n) is 1.90. The number of hydrogen-bond donors (Lipinski definition) is 1. The molecule has 0 amide bonds. The molecule has 1 aromatic carbocycles. The molecule has 2 rings (SSSR count). The summed E-state index contributed by atoms with van der Waals surface area (Å²) in [7, 11) is 0.